The van der Waals surface area contributed by atoms with Crippen LogP contribution in [-0.4, -0.2) is 28.8 Å². The predicted octanol–water partition coefficient (Wildman–Crippen LogP) is 3.14. The van der Waals surface area contributed by atoms with Crippen LogP contribution in [0.1, 0.15) is 61.7 Å². The fraction of sp³-hybridized carbons (Fsp3) is 0.765. The minimum Gasteiger partial charge on any atom is -0.396 e. The van der Waals surface area contributed by atoms with E-state index in [0.29, 0.717) is 5.92 Å². The van der Waals surface area contributed by atoms with Gasteiger partial charge in [-0.05, 0) is 38.5 Å². The van der Waals surface area contributed by atoms with E-state index < -0.39 is 0 Å². The van der Waals surface area contributed by atoms with Crippen molar-refractivity contribution in [2.75, 3.05) is 6.61 Å². The second kappa shape index (κ2) is 7.62. The first-order valence-corrected chi connectivity index (χ1v) is 9.65. The highest BCUT2D eigenvalue weighted by Gasteiger charge is 2.36. The summed E-state index contributed by atoms with van der Waals surface area (Å²) in [6.45, 7) is 2.14. The molecular weight excluding hydrogens is 310 g/mol. The summed E-state index contributed by atoms with van der Waals surface area (Å²) in [5.74, 6) is 0.707. The third kappa shape index (κ3) is 4.44. The maximum Gasteiger partial charge on any atom is 0.315 e. The Balaban J connectivity index is 1.60. The SMILES string of the molecule is Cc1csc([C@H](NC(=O)N[C@H]2CCCCC[C@H]2CO)C2CC2)n1. The van der Waals surface area contributed by atoms with Gasteiger partial charge in [-0.25, -0.2) is 9.78 Å². The van der Waals surface area contributed by atoms with E-state index in [-0.39, 0.29) is 30.6 Å². The third-order valence-corrected chi connectivity index (χ3v) is 6.04. The van der Waals surface area contributed by atoms with Gasteiger partial charge in [-0.3, -0.25) is 0 Å². The number of nitrogens with zero attached hydrogens (tertiary/aromatic N) is 1. The van der Waals surface area contributed by atoms with Crippen molar-refractivity contribution in [3.05, 3.63) is 16.1 Å². The van der Waals surface area contributed by atoms with E-state index in [1.54, 1.807) is 11.3 Å². The van der Waals surface area contributed by atoms with Gasteiger partial charge in [0.15, 0.2) is 0 Å². The van der Waals surface area contributed by atoms with E-state index in [0.717, 1.165) is 49.2 Å². The maximum atomic E-state index is 12.5. The van der Waals surface area contributed by atoms with Crippen molar-refractivity contribution < 1.29 is 9.90 Å². The van der Waals surface area contributed by atoms with Crippen LogP contribution in [0.4, 0.5) is 4.79 Å². The lowest BCUT2D eigenvalue weighted by Gasteiger charge is -2.26. The molecule has 0 aromatic carbocycles. The smallest absolute Gasteiger partial charge is 0.315 e. The van der Waals surface area contributed by atoms with Gasteiger partial charge in [0.1, 0.15) is 5.01 Å². The fourth-order valence-electron chi connectivity index (χ4n) is 3.47. The minimum atomic E-state index is -0.111. The van der Waals surface area contributed by atoms with Crippen molar-refractivity contribution in [3.8, 4) is 0 Å². The molecule has 0 aliphatic heterocycles. The van der Waals surface area contributed by atoms with Crippen LogP contribution in [0.2, 0.25) is 0 Å². The van der Waals surface area contributed by atoms with Crippen LogP contribution < -0.4 is 10.6 Å². The van der Waals surface area contributed by atoms with Crippen molar-refractivity contribution in [3.63, 3.8) is 0 Å². The molecule has 2 fully saturated rings. The van der Waals surface area contributed by atoms with Gasteiger partial charge < -0.3 is 15.7 Å². The summed E-state index contributed by atoms with van der Waals surface area (Å²) >= 11 is 1.63. The van der Waals surface area contributed by atoms with E-state index in [9.17, 15) is 9.90 Å². The number of carbonyl (C=O) groups excluding carboxylic acids is 1. The van der Waals surface area contributed by atoms with E-state index in [1.807, 2.05) is 12.3 Å². The summed E-state index contributed by atoms with van der Waals surface area (Å²) in [5.41, 5.74) is 1.02. The Morgan fingerprint density at radius 3 is 2.78 bits per heavy atom. The van der Waals surface area contributed by atoms with Crippen molar-refractivity contribution >= 4 is 17.4 Å². The van der Waals surface area contributed by atoms with Crippen molar-refractivity contribution in [2.45, 2.75) is 64.0 Å². The molecule has 0 bridgehead atoms. The lowest BCUT2D eigenvalue weighted by Crippen LogP contribution is -2.47. The molecule has 3 rings (SSSR count). The summed E-state index contributed by atoms with van der Waals surface area (Å²) in [7, 11) is 0. The maximum absolute atomic E-state index is 12.5. The first-order valence-electron chi connectivity index (χ1n) is 8.77. The minimum absolute atomic E-state index is 0.0343. The first-order chi connectivity index (χ1) is 11.2. The summed E-state index contributed by atoms with van der Waals surface area (Å²) in [6, 6.07) is 0.00698. The third-order valence-electron chi connectivity index (χ3n) is 4.99. The van der Waals surface area contributed by atoms with Crippen molar-refractivity contribution in [2.24, 2.45) is 11.8 Å². The molecule has 2 aliphatic rings. The molecule has 23 heavy (non-hydrogen) atoms. The molecule has 0 saturated heterocycles. The molecule has 0 spiro atoms. The number of thiazole rings is 1. The van der Waals surface area contributed by atoms with Crippen molar-refractivity contribution in [1.82, 2.24) is 15.6 Å². The largest absolute Gasteiger partial charge is 0.396 e. The average molecular weight is 337 g/mol. The number of urea groups is 1. The van der Waals surface area contributed by atoms with Gasteiger partial charge in [0.25, 0.3) is 0 Å². The summed E-state index contributed by atoms with van der Waals surface area (Å²) in [6.07, 6.45) is 7.74. The number of carbonyl (C=O) groups is 1. The van der Waals surface area contributed by atoms with Gasteiger partial charge in [0.2, 0.25) is 0 Å². The quantitative estimate of drug-likeness (QED) is 0.723. The topological polar surface area (TPSA) is 74.2 Å². The van der Waals surface area contributed by atoms with Gasteiger partial charge in [-0.2, -0.15) is 0 Å². The molecule has 1 aromatic rings. The summed E-state index contributed by atoms with van der Waals surface area (Å²) in [4.78, 5) is 17.0. The van der Waals surface area contributed by atoms with E-state index in [2.05, 4.69) is 15.6 Å². The molecular formula is C17H27N3O2S. The highest BCUT2D eigenvalue weighted by molar-refractivity contribution is 7.09. The Morgan fingerprint density at radius 1 is 1.35 bits per heavy atom. The number of rotatable bonds is 5. The van der Waals surface area contributed by atoms with E-state index >= 15 is 0 Å². The Morgan fingerprint density at radius 2 is 2.13 bits per heavy atom. The number of amides is 2. The fourth-order valence-corrected chi connectivity index (χ4v) is 4.41. The van der Waals surface area contributed by atoms with Crippen LogP contribution in [0.5, 0.6) is 0 Å². The normalized spacial score (nSPS) is 26.3. The Hall–Kier alpha value is -1.14. The molecule has 2 amide bonds. The molecule has 1 aromatic heterocycles. The van der Waals surface area contributed by atoms with E-state index in [1.165, 1.54) is 6.42 Å². The molecule has 6 heteroatoms. The van der Waals surface area contributed by atoms with Crippen molar-refractivity contribution in [1.29, 1.82) is 0 Å². The molecule has 3 atom stereocenters. The molecule has 0 radical (unpaired) electrons. The van der Waals surface area contributed by atoms with Crippen LogP contribution in [-0.2, 0) is 0 Å². The number of aliphatic hydroxyl groups is 1. The number of hydrogen-bond acceptors (Lipinski definition) is 4. The van der Waals surface area contributed by atoms with Crippen LogP contribution >= 0.6 is 11.3 Å². The molecule has 5 nitrogen and oxygen atoms in total. The van der Waals surface area contributed by atoms with Gasteiger partial charge in [0.05, 0.1) is 6.04 Å². The molecule has 2 aliphatic carbocycles. The molecule has 3 N–H and O–H groups in total. The Kier molecular flexibility index (Phi) is 5.54. The van der Waals surface area contributed by atoms with Gasteiger partial charge >= 0.3 is 6.03 Å². The average Bonchev–Trinajstić information content (AvgIpc) is 3.31. The van der Waals surface area contributed by atoms with Crippen LogP contribution in [0.25, 0.3) is 0 Å². The summed E-state index contributed by atoms with van der Waals surface area (Å²) < 4.78 is 0. The van der Waals surface area contributed by atoms with Gasteiger partial charge in [0, 0.05) is 29.6 Å². The zero-order chi connectivity index (χ0) is 16.2. The Labute approximate surface area is 141 Å². The first kappa shape index (κ1) is 16.7. The summed E-state index contributed by atoms with van der Waals surface area (Å²) in [5, 5.41) is 18.9. The molecule has 1 heterocycles. The van der Waals surface area contributed by atoms with Gasteiger partial charge in [-0.15, -0.1) is 11.3 Å². The highest BCUT2D eigenvalue weighted by atomic mass is 32.1. The number of hydrogen-bond donors (Lipinski definition) is 3. The predicted molar refractivity (Wildman–Crippen MR) is 91.4 cm³/mol. The number of nitrogens with one attached hydrogen (secondary N) is 2. The number of aromatic nitrogens is 1. The van der Waals surface area contributed by atoms with Crippen LogP contribution in [0.15, 0.2) is 5.38 Å². The Bertz CT molecular complexity index is 530. The van der Waals surface area contributed by atoms with E-state index in [4.69, 9.17) is 0 Å². The van der Waals surface area contributed by atoms with Crippen LogP contribution in [0, 0.1) is 18.8 Å². The zero-order valence-electron chi connectivity index (χ0n) is 13.8. The molecule has 128 valence electrons. The standard InChI is InChI=1S/C17H27N3O2S/c1-11-10-23-16(18-11)15(12-7-8-12)20-17(22)19-14-6-4-2-3-5-13(14)9-21/h10,12-15,21H,2-9H2,1H3,(H2,19,20,22)/t13-,14-,15+/m0/s1. The lowest BCUT2D eigenvalue weighted by atomic mass is 9.96. The second-order valence-corrected chi connectivity index (χ2v) is 7.84. The highest BCUT2D eigenvalue weighted by Crippen LogP contribution is 2.41. The zero-order valence-corrected chi connectivity index (χ0v) is 14.6. The lowest BCUT2D eigenvalue weighted by molar-refractivity contribution is 0.178. The number of aliphatic hydroxyl groups excluding tert-OH is 1. The van der Waals surface area contributed by atoms with Crippen LogP contribution in [0.3, 0.4) is 0 Å². The molecule has 2 saturated carbocycles. The number of aryl methyl sites for hydroxylation is 1. The second-order valence-electron chi connectivity index (χ2n) is 6.95. The monoisotopic (exact) mass is 337 g/mol. The van der Waals surface area contributed by atoms with Gasteiger partial charge in [-0.1, -0.05) is 19.3 Å². The molecule has 0 unspecified atom stereocenters.